The van der Waals surface area contributed by atoms with Crippen LogP contribution in [0.5, 0.6) is 0 Å². The zero-order chi connectivity index (χ0) is 14.2. The molecule has 1 saturated carbocycles. The molecule has 4 nitrogen and oxygen atoms in total. The zero-order valence-corrected chi connectivity index (χ0v) is 12.9. The molecular weight excluding hydrogens is 238 g/mol. The molecule has 1 aliphatic carbocycles. The summed E-state index contributed by atoms with van der Waals surface area (Å²) in [4.78, 5) is 16.7. The Morgan fingerprint density at radius 1 is 1.32 bits per heavy atom. The van der Waals surface area contributed by atoms with Crippen LogP contribution in [-0.2, 0) is 4.79 Å². The normalized spacial score (nSPS) is 36.6. The van der Waals surface area contributed by atoms with Crippen LogP contribution in [0.3, 0.4) is 0 Å². The van der Waals surface area contributed by atoms with E-state index in [1.807, 2.05) is 11.9 Å². The van der Waals surface area contributed by atoms with Crippen LogP contribution in [0.4, 0.5) is 0 Å². The van der Waals surface area contributed by atoms with Crippen LogP contribution >= 0.6 is 0 Å². The fourth-order valence-corrected chi connectivity index (χ4v) is 3.88. The van der Waals surface area contributed by atoms with E-state index in [1.54, 1.807) is 0 Å². The van der Waals surface area contributed by atoms with E-state index in [9.17, 15) is 4.79 Å². The van der Waals surface area contributed by atoms with Gasteiger partial charge in [-0.2, -0.15) is 0 Å². The first-order valence-corrected chi connectivity index (χ1v) is 7.60. The molecule has 19 heavy (non-hydrogen) atoms. The predicted octanol–water partition coefficient (Wildman–Crippen LogP) is 1.30. The molecule has 0 aromatic rings. The minimum absolute atomic E-state index is 0.243. The lowest BCUT2D eigenvalue weighted by molar-refractivity contribution is -0.152. The molecule has 2 rings (SSSR count). The van der Waals surface area contributed by atoms with Crippen LogP contribution < -0.4 is 5.73 Å². The van der Waals surface area contributed by atoms with Crippen LogP contribution in [0.25, 0.3) is 0 Å². The maximum atomic E-state index is 12.4. The maximum Gasteiger partial charge on any atom is 0.242 e. The second-order valence-corrected chi connectivity index (χ2v) is 6.96. The third-order valence-corrected chi connectivity index (χ3v) is 5.19. The molecule has 1 amide bonds. The summed E-state index contributed by atoms with van der Waals surface area (Å²) in [5.74, 6) is 1.54. The summed E-state index contributed by atoms with van der Waals surface area (Å²) in [6.45, 7) is 9.02. The number of nitrogens with two attached hydrogens (primary N) is 1. The van der Waals surface area contributed by atoms with Gasteiger partial charge >= 0.3 is 0 Å². The number of likely N-dealkylation sites (N-methyl/N-ethyl adjacent to an activating group) is 1. The summed E-state index contributed by atoms with van der Waals surface area (Å²) in [6.07, 6.45) is 3.67. The van der Waals surface area contributed by atoms with Crippen molar-refractivity contribution in [2.75, 3.05) is 26.7 Å². The number of rotatable bonds is 2. The molecule has 0 bridgehead atoms. The molecular formula is C15H29N3O. The highest BCUT2D eigenvalue weighted by Crippen LogP contribution is 2.36. The average molecular weight is 267 g/mol. The monoisotopic (exact) mass is 267 g/mol. The van der Waals surface area contributed by atoms with Crippen LogP contribution in [0.1, 0.15) is 40.0 Å². The molecule has 4 heteroatoms. The number of hydrogen-bond acceptors (Lipinski definition) is 3. The number of nitrogens with zero attached hydrogens (tertiary/aromatic N) is 2. The van der Waals surface area contributed by atoms with Gasteiger partial charge in [-0.05, 0) is 45.1 Å². The fraction of sp³-hybridized carbons (Fsp3) is 0.933. The van der Waals surface area contributed by atoms with Crippen molar-refractivity contribution < 1.29 is 4.79 Å². The van der Waals surface area contributed by atoms with E-state index in [0.29, 0.717) is 12.0 Å². The van der Waals surface area contributed by atoms with Gasteiger partial charge in [0.1, 0.15) is 0 Å². The Balaban J connectivity index is 2.20. The summed E-state index contributed by atoms with van der Waals surface area (Å²) in [5, 5.41) is 0. The molecule has 3 atom stereocenters. The van der Waals surface area contributed by atoms with Crippen molar-refractivity contribution in [1.82, 2.24) is 9.80 Å². The van der Waals surface area contributed by atoms with Crippen LogP contribution in [0.15, 0.2) is 0 Å². The minimum atomic E-state index is -0.387. The SMILES string of the molecule is CC1CCC(CN)C(N2CCN(C)C(=O)C2(C)C)C1. The zero-order valence-electron chi connectivity index (χ0n) is 12.9. The summed E-state index contributed by atoms with van der Waals surface area (Å²) in [6, 6.07) is 0.474. The first-order valence-electron chi connectivity index (χ1n) is 7.60. The molecule has 0 aromatic heterocycles. The quantitative estimate of drug-likeness (QED) is 0.820. The molecule has 2 fully saturated rings. The molecule has 0 radical (unpaired) electrons. The van der Waals surface area contributed by atoms with E-state index in [-0.39, 0.29) is 11.4 Å². The number of amides is 1. The van der Waals surface area contributed by atoms with Crippen molar-refractivity contribution in [2.24, 2.45) is 17.6 Å². The van der Waals surface area contributed by atoms with Gasteiger partial charge in [-0.15, -0.1) is 0 Å². The van der Waals surface area contributed by atoms with Crippen molar-refractivity contribution in [1.29, 1.82) is 0 Å². The van der Waals surface area contributed by atoms with Crippen molar-refractivity contribution in [3.8, 4) is 0 Å². The third-order valence-electron chi connectivity index (χ3n) is 5.19. The summed E-state index contributed by atoms with van der Waals surface area (Å²) in [5.41, 5.74) is 5.59. The second kappa shape index (κ2) is 5.41. The summed E-state index contributed by atoms with van der Waals surface area (Å²) >= 11 is 0. The average Bonchev–Trinajstić information content (AvgIpc) is 2.36. The molecule has 110 valence electrons. The van der Waals surface area contributed by atoms with Gasteiger partial charge in [0.25, 0.3) is 0 Å². The fourth-order valence-electron chi connectivity index (χ4n) is 3.88. The van der Waals surface area contributed by atoms with Crippen LogP contribution in [0.2, 0.25) is 0 Å². The topological polar surface area (TPSA) is 49.6 Å². The number of hydrogen-bond donors (Lipinski definition) is 1. The highest BCUT2D eigenvalue weighted by Gasteiger charge is 2.46. The maximum absolute atomic E-state index is 12.4. The largest absolute Gasteiger partial charge is 0.343 e. The van der Waals surface area contributed by atoms with E-state index in [4.69, 9.17) is 5.73 Å². The molecule has 0 aromatic carbocycles. The molecule has 1 aliphatic heterocycles. The Kier molecular flexibility index (Phi) is 4.21. The van der Waals surface area contributed by atoms with Crippen molar-refractivity contribution in [3.63, 3.8) is 0 Å². The lowest BCUT2D eigenvalue weighted by atomic mass is 9.76. The Morgan fingerprint density at radius 3 is 2.63 bits per heavy atom. The summed E-state index contributed by atoms with van der Waals surface area (Å²) < 4.78 is 0. The van der Waals surface area contributed by atoms with Gasteiger partial charge in [-0.3, -0.25) is 9.69 Å². The van der Waals surface area contributed by atoms with Gasteiger partial charge in [0.05, 0.1) is 5.54 Å². The molecule has 1 heterocycles. The molecule has 0 spiro atoms. The second-order valence-electron chi connectivity index (χ2n) is 6.96. The Hall–Kier alpha value is -0.610. The van der Waals surface area contributed by atoms with Gasteiger partial charge < -0.3 is 10.6 Å². The van der Waals surface area contributed by atoms with Gasteiger partial charge in [0.2, 0.25) is 5.91 Å². The molecule has 1 saturated heterocycles. The highest BCUT2D eigenvalue weighted by molar-refractivity contribution is 5.86. The number of carbonyl (C=O) groups is 1. The van der Waals surface area contributed by atoms with E-state index >= 15 is 0 Å². The van der Waals surface area contributed by atoms with Gasteiger partial charge in [0.15, 0.2) is 0 Å². The van der Waals surface area contributed by atoms with E-state index in [2.05, 4.69) is 25.7 Å². The van der Waals surface area contributed by atoms with E-state index < -0.39 is 0 Å². The van der Waals surface area contributed by atoms with Crippen LogP contribution in [-0.4, -0.2) is 54.0 Å². The predicted molar refractivity (Wildman–Crippen MR) is 77.8 cm³/mol. The number of piperazine rings is 1. The van der Waals surface area contributed by atoms with E-state index in [1.165, 1.54) is 19.3 Å². The third kappa shape index (κ3) is 2.65. The first kappa shape index (κ1) is 14.8. The lowest BCUT2D eigenvalue weighted by Crippen LogP contribution is -2.66. The first-order chi connectivity index (χ1) is 8.87. The van der Waals surface area contributed by atoms with Crippen LogP contribution in [0, 0.1) is 11.8 Å². The highest BCUT2D eigenvalue weighted by atomic mass is 16.2. The minimum Gasteiger partial charge on any atom is -0.343 e. The van der Waals surface area contributed by atoms with Gasteiger partial charge in [-0.25, -0.2) is 0 Å². The number of carbonyl (C=O) groups excluding carboxylic acids is 1. The lowest BCUT2D eigenvalue weighted by Gasteiger charge is -2.52. The standard InChI is InChI=1S/C15H29N3O/c1-11-5-6-12(10-16)13(9-11)18-8-7-17(4)14(19)15(18,2)3/h11-13H,5-10,16H2,1-4H3. The Morgan fingerprint density at radius 2 is 2.00 bits per heavy atom. The van der Waals surface area contributed by atoms with Crippen molar-refractivity contribution in [2.45, 2.75) is 51.6 Å². The molecule has 3 unspecified atom stereocenters. The van der Waals surface area contributed by atoms with Crippen molar-refractivity contribution >= 4 is 5.91 Å². The van der Waals surface area contributed by atoms with Gasteiger partial charge in [-0.1, -0.05) is 13.3 Å². The summed E-state index contributed by atoms with van der Waals surface area (Å²) in [7, 11) is 1.91. The van der Waals surface area contributed by atoms with E-state index in [0.717, 1.165) is 25.6 Å². The Labute approximate surface area is 117 Å². The molecule has 2 aliphatic rings. The smallest absolute Gasteiger partial charge is 0.242 e. The van der Waals surface area contributed by atoms with Gasteiger partial charge in [0, 0.05) is 26.2 Å². The molecule has 2 N–H and O–H groups in total. The van der Waals surface area contributed by atoms with Crippen molar-refractivity contribution in [3.05, 3.63) is 0 Å². The Bertz CT molecular complexity index is 342.